The minimum Gasteiger partial charge on any atom is -0.334 e. The molecule has 0 saturated heterocycles. The van der Waals surface area contributed by atoms with Crippen LogP contribution in [0.1, 0.15) is 29.8 Å². The van der Waals surface area contributed by atoms with Gasteiger partial charge in [0.2, 0.25) is 0 Å². The molecule has 6 nitrogen and oxygen atoms in total. The maximum atomic E-state index is 12.3. The van der Waals surface area contributed by atoms with E-state index in [9.17, 15) is 13.2 Å². The zero-order valence-electron chi connectivity index (χ0n) is 14.6. The van der Waals surface area contributed by atoms with Gasteiger partial charge in [-0.3, -0.25) is 4.98 Å². The van der Waals surface area contributed by atoms with Crippen molar-refractivity contribution in [3.8, 4) is 0 Å². The van der Waals surface area contributed by atoms with Gasteiger partial charge in [0.1, 0.15) is 0 Å². The molecule has 134 valence electrons. The van der Waals surface area contributed by atoms with E-state index in [1.54, 1.807) is 30.3 Å². The number of nitrogens with zero attached hydrogens (tertiary/aromatic N) is 2. The number of pyridine rings is 1. The summed E-state index contributed by atoms with van der Waals surface area (Å²) in [4.78, 5) is 18.2. The van der Waals surface area contributed by atoms with Gasteiger partial charge in [0.15, 0.2) is 9.84 Å². The van der Waals surface area contributed by atoms with Crippen LogP contribution in [-0.4, -0.2) is 37.6 Å². The molecule has 0 saturated carbocycles. The summed E-state index contributed by atoms with van der Waals surface area (Å²) < 4.78 is 22.6. The molecule has 1 aromatic heterocycles. The average molecular weight is 361 g/mol. The lowest BCUT2D eigenvalue weighted by Gasteiger charge is -2.24. The van der Waals surface area contributed by atoms with E-state index in [-0.39, 0.29) is 17.8 Å². The van der Waals surface area contributed by atoms with E-state index in [1.807, 2.05) is 37.3 Å². The number of carbonyl (C=O) groups excluding carboxylic acids is 1. The second-order valence-electron chi connectivity index (χ2n) is 6.09. The molecule has 7 heteroatoms. The molecule has 2 amide bonds. The molecule has 1 heterocycles. The smallest absolute Gasteiger partial charge is 0.317 e. The van der Waals surface area contributed by atoms with E-state index in [2.05, 4.69) is 10.3 Å². The molecule has 0 radical (unpaired) electrons. The van der Waals surface area contributed by atoms with Gasteiger partial charge in [-0.2, -0.15) is 0 Å². The summed E-state index contributed by atoms with van der Waals surface area (Å²) in [5, 5.41) is 2.86. The Morgan fingerprint density at radius 2 is 1.80 bits per heavy atom. The zero-order chi connectivity index (χ0) is 18.4. The summed E-state index contributed by atoms with van der Waals surface area (Å²) in [5.74, 6) is 0.0178. The number of rotatable bonds is 6. The Labute approximate surface area is 148 Å². The highest BCUT2D eigenvalue weighted by atomic mass is 32.2. The molecule has 1 aromatic carbocycles. The average Bonchev–Trinajstić information content (AvgIpc) is 2.59. The molecule has 25 heavy (non-hydrogen) atoms. The number of urea groups is 1. The van der Waals surface area contributed by atoms with Crippen LogP contribution in [0.3, 0.4) is 0 Å². The fraction of sp³-hybridized carbons (Fsp3) is 0.333. The van der Waals surface area contributed by atoms with Crippen molar-refractivity contribution < 1.29 is 13.2 Å². The standard InChI is InChI=1S/C18H23N3O3S/c1-14(17-6-4-5-11-19-17)21(2)18(22)20-12-15-7-9-16(10-8-15)13-25(3,23)24/h4-11,14H,12-13H2,1-3H3,(H,20,22). The molecular formula is C18H23N3O3S. The molecule has 0 bridgehead atoms. The van der Waals surface area contributed by atoms with Gasteiger partial charge in [0, 0.05) is 26.0 Å². The Morgan fingerprint density at radius 1 is 1.16 bits per heavy atom. The van der Waals surface area contributed by atoms with E-state index in [4.69, 9.17) is 0 Å². The third kappa shape index (κ3) is 5.86. The summed E-state index contributed by atoms with van der Waals surface area (Å²) in [6, 6.07) is 12.5. The number of hydrogen-bond acceptors (Lipinski definition) is 4. The van der Waals surface area contributed by atoms with E-state index < -0.39 is 9.84 Å². The molecule has 2 rings (SSSR count). The molecule has 2 aromatic rings. The monoisotopic (exact) mass is 361 g/mol. The van der Waals surface area contributed by atoms with Gasteiger partial charge in [-0.05, 0) is 30.2 Å². The summed E-state index contributed by atoms with van der Waals surface area (Å²) >= 11 is 0. The summed E-state index contributed by atoms with van der Waals surface area (Å²) in [5.41, 5.74) is 2.47. The van der Waals surface area contributed by atoms with Crippen molar-refractivity contribution >= 4 is 15.9 Å². The predicted octanol–water partition coefficient (Wildman–Crippen LogP) is 2.53. The van der Waals surface area contributed by atoms with Crippen molar-refractivity contribution in [2.75, 3.05) is 13.3 Å². The Kier molecular flexibility index (Phi) is 6.14. The lowest BCUT2D eigenvalue weighted by atomic mass is 10.1. The van der Waals surface area contributed by atoms with Crippen LogP contribution in [-0.2, 0) is 22.1 Å². The number of aromatic nitrogens is 1. The first-order chi connectivity index (χ1) is 11.8. The minimum atomic E-state index is -3.05. The van der Waals surface area contributed by atoms with Crippen molar-refractivity contribution in [3.05, 3.63) is 65.5 Å². The Morgan fingerprint density at radius 3 is 2.36 bits per heavy atom. The molecule has 1 unspecified atom stereocenters. The number of nitrogens with one attached hydrogen (secondary N) is 1. The van der Waals surface area contributed by atoms with Crippen LogP contribution in [0.15, 0.2) is 48.7 Å². The first-order valence-electron chi connectivity index (χ1n) is 7.93. The van der Waals surface area contributed by atoms with Crippen molar-refractivity contribution in [1.29, 1.82) is 0 Å². The highest BCUT2D eigenvalue weighted by Gasteiger charge is 2.17. The zero-order valence-corrected chi connectivity index (χ0v) is 15.5. The van der Waals surface area contributed by atoms with Gasteiger partial charge in [0.25, 0.3) is 0 Å². The second-order valence-corrected chi connectivity index (χ2v) is 8.23. The van der Waals surface area contributed by atoms with E-state index >= 15 is 0 Å². The number of carbonyl (C=O) groups is 1. The van der Waals surface area contributed by atoms with Crippen LogP contribution in [0.4, 0.5) is 4.79 Å². The van der Waals surface area contributed by atoms with Gasteiger partial charge >= 0.3 is 6.03 Å². The number of benzene rings is 1. The highest BCUT2D eigenvalue weighted by Crippen LogP contribution is 2.16. The summed E-state index contributed by atoms with van der Waals surface area (Å²) in [6.45, 7) is 2.29. The summed E-state index contributed by atoms with van der Waals surface area (Å²) in [6.07, 6.45) is 2.91. The van der Waals surface area contributed by atoms with Crippen molar-refractivity contribution in [2.45, 2.75) is 25.3 Å². The van der Waals surface area contributed by atoms with Gasteiger partial charge < -0.3 is 10.2 Å². The van der Waals surface area contributed by atoms with E-state index in [1.165, 1.54) is 6.26 Å². The fourth-order valence-corrected chi connectivity index (χ4v) is 3.15. The molecule has 1 atom stereocenters. The molecule has 1 N–H and O–H groups in total. The first-order valence-corrected chi connectivity index (χ1v) is 9.99. The van der Waals surface area contributed by atoms with Crippen molar-refractivity contribution in [1.82, 2.24) is 15.2 Å². The molecule has 0 fully saturated rings. The van der Waals surface area contributed by atoms with Crippen molar-refractivity contribution in [3.63, 3.8) is 0 Å². The van der Waals surface area contributed by atoms with Gasteiger partial charge in [0.05, 0.1) is 17.5 Å². The second kappa shape index (κ2) is 8.11. The van der Waals surface area contributed by atoms with Crippen LogP contribution in [0.5, 0.6) is 0 Å². The summed E-state index contributed by atoms with van der Waals surface area (Å²) in [7, 11) is -1.32. The number of hydrogen-bond donors (Lipinski definition) is 1. The topological polar surface area (TPSA) is 79.4 Å². The van der Waals surface area contributed by atoms with Crippen LogP contribution in [0, 0.1) is 0 Å². The van der Waals surface area contributed by atoms with Crippen molar-refractivity contribution in [2.24, 2.45) is 0 Å². The maximum Gasteiger partial charge on any atom is 0.317 e. The van der Waals surface area contributed by atoms with Crippen LogP contribution < -0.4 is 5.32 Å². The molecular weight excluding hydrogens is 338 g/mol. The minimum absolute atomic E-state index is 0.0178. The molecule has 0 aliphatic carbocycles. The molecule has 0 spiro atoms. The Balaban J connectivity index is 1.91. The Bertz CT molecular complexity index is 805. The van der Waals surface area contributed by atoms with Crippen LogP contribution in [0.25, 0.3) is 0 Å². The van der Waals surface area contributed by atoms with E-state index in [0.29, 0.717) is 6.54 Å². The number of sulfone groups is 1. The third-order valence-electron chi connectivity index (χ3n) is 3.91. The quantitative estimate of drug-likeness (QED) is 0.857. The van der Waals surface area contributed by atoms with Crippen LogP contribution >= 0.6 is 0 Å². The van der Waals surface area contributed by atoms with Gasteiger partial charge in [-0.1, -0.05) is 30.3 Å². The van der Waals surface area contributed by atoms with E-state index in [0.717, 1.165) is 16.8 Å². The lowest BCUT2D eigenvalue weighted by Crippen LogP contribution is -2.38. The van der Waals surface area contributed by atoms with Gasteiger partial charge in [-0.25, -0.2) is 13.2 Å². The highest BCUT2D eigenvalue weighted by molar-refractivity contribution is 7.89. The lowest BCUT2D eigenvalue weighted by molar-refractivity contribution is 0.193. The first kappa shape index (κ1) is 18.9. The predicted molar refractivity (Wildman–Crippen MR) is 97.6 cm³/mol. The third-order valence-corrected chi connectivity index (χ3v) is 4.77. The van der Waals surface area contributed by atoms with Gasteiger partial charge in [-0.15, -0.1) is 0 Å². The van der Waals surface area contributed by atoms with Crippen LogP contribution in [0.2, 0.25) is 0 Å². The maximum absolute atomic E-state index is 12.3. The molecule has 0 aliphatic heterocycles. The number of amides is 2. The Hall–Kier alpha value is -2.41. The SMILES string of the molecule is CC(c1ccccn1)N(C)C(=O)NCc1ccc(CS(C)(=O)=O)cc1. The fourth-order valence-electron chi connectivity index (χ4n) is 2.36. The normalized spacial score (nSPS) is 12.4. The molecule has 0 aliphatic rings. The largest absolute Gasteiger partial charge is 0.334 e.